The molecule has 0 bridgehead atoms. The minimum Gasteiger partial charge on any atom is -0.306 e. The van der Waals surface area contributed by atoms with Crippen LogP contribution in [0.3, 0.4) is 0 Å². The molecule has 136 valence electrons. The molecule has 0 amide bonds. The van der Waals surface area contributed by atoms with Crippen molar-refractivity contribution in [1.29, 1.82) is 0 Å². The van der Waals surface area contributed by atoms with E-state index in [-0.39, 0.29) is 0 Å². The van der Waals surface area contributed by atoms with E-state index in [1.54, 1.807) is 0 Å². The van der Waals surface area contributed by atoms with Crippen molar-refractivity contribution in [3.63, 3.8) is 0 Å². The predicted molar refractivity (Wildman–Crippen MR) is 112 cm³/mol. The standard InChI is InChI=1S/C20H17BrClN5/c1-2-9-23-11-18-25-26-19-12-24-20(14-5-3-4-6-16(14)22)15-8-7-13(21)10-17(15)27(18)19/h2-8,10,23H,1,9,11-12H2. The highest BCUT2D eigenvalue weighted by atomic mass is 79.9. The summed E-state index contributed by atoms with van der Waals surface area (Å²) in [4.78, 5) is 4.83. The Hall–Kier alpha value is -2.28. The lowest BCUT2D eigenvalue weighted by molar-refractivity contribution is 0.696. The summed E-state index contributed by atoms with van der Waals surface area (Å²) in [6, 6.07) is 13.9. The number of hydrogen-bond acceptors (Lipinski definition) is 4. The Balaban J connectivity index is 1.88. The van der Waals surface area contributed by atoms with E-state index in [9.17, 15) is 0 Å². The van der Waals surface area contributed by atoms with Gasteiger partial charge in [-0.1, -0.05) is 51.8 Å². The fourth-order valence-electron chi connectivity index (χ4n) is 3.14. The van der Waals surface area contributed by atoms with Crippen molar-refractivity contribution in [3.05, 3.63) is 87.4 Å². The van der Waals surface area contributed by atoms with Crippen molar-refractivity contribution in [2.75, 3.05) is 6.54 Å². The van der Waals surface area contributed by atoms with Gasteiger partial charge in [0.15, 0.2) is 11.6 Å². The first-order valence-corrected chi connectivity index (χ1v) is 9.70. The maximum absolute atomic E-state index is 6.47. The minimum absolute atomic E-state index is 0.432. The fourth-order valence-corrected chi connectivity index (χ4v) is 3.72. The lowest BCUT2D eigenvalue weighted by Crippen LogP contribution is -2.17. The van der Waals surface area contributed by atoms with E-state index in [1.807, 2.05) is 36.4 Å². The molecule has 1 N–H and O–H groups in total. The number of aliphatic imine (C=N–C) groups is 1. The second-order valence-corrected chi connectivity index (χ2v) is 7.42. The molecular formula is C20H17BrClN5. The van der Waals surface area contributed by atoms with Crippen molar-refractivity contribution in [1.82, 2.24) is 20.1 Å². The van der Waals surface area contributed by atoms with Gasteiger partial charge in [-0.25, -0.2) is 0 Å². The van der Waals surface area contributed by atoms with Crippen molar-refractivity contribution in [3.8, 4) is 5.69 Å². The number of benzene rings is 2. The predicted octanol–water partition coefficient (Wildman–Crippen LogP) is 4.31. The van der Waals surface area contributed by atoms with Gasteiger partial charge in [0.05, 0.1) is 17.9 Å². The highest BCUT2D eigenvalue weighted by molar-refractivity contribution is 9.10. The molecule has 7 heteroatoms. The van der Waals surface area contributed by atoms with E-state index in [0.29, 0.717) is 24.7 Å². The smallest absolute Gasteiger partial charge is 0.159 e. The first kappa shape index (κ1) is 18.1. The molecule has 0 unspecified atom stereocenters. The first-order valence-electron chi connectivity index (χ1n) is 8.53. The van der Waals surface area contributed by atoms with Crippen molar-refractivity contribution >= 4 is 33.2 Å². The zero-order valence-corrected chi connectivity index (χ0v) is 16.8. The van der Waals surface area contributed by atoms with Gasteiger partial charge in [-0.15, -0.1) is 16.8 Å². The lowest BCUT2D eigenvalue weighted by atomic mass is 10.0. The summed E-state index contributed by atoms with van der Waals surface area (Å²) in [6.07, 6.45) is 1.82. The molecule has 0 saturated carbocycles. The van der Waals surface area contributed by atoms with Gasteiger partial charge in [-0.3, -0.25) is 9.56 Å². The van der Waals surface area contributed by atoms with Gasteiger partial charge in [-0.2, -0.15) is 0 Å². The fraction of sp³-hybridized carbons (Fsp3) is 0.150. The molecule has 0 saturated heterocycles. The van der Waals surface area contributed by atoms with Crippen LogP contribution in [0.5, 0.6) is 0 Å². The number of nitrogens with zero attached hydrogens (tertiary/aromatic N) is 4. The van der Waals surface area contributed by atoms with Gasteiger partial charge < -0.3 is 5.32 Å². The molecule has 0 spiro atoms. The van der Waals surface area contributed by atoms with Gasteiger partial charge in [0.1, 0.15) is 6.54 Å². The SMILES string of the molecule is C=CCNCc1nnc2n1-c1cc(Br)ccc1C(c1ccccc1Cl)=NC2. The average Bonchev–Trinajstić information content (AvgIpc) is 2.99. The zero-order valence-electron chi connectivity index (χ0n) is 14.5. The summed E-state index contributed by atoms with van der Waals surface area (Å²) >= 11 is 10.1. The van der Waals surface area contributed by atoms with E-state index < -0.39 is 0 Å². The average molecular weight is 443 g/mol. The zero-order chi connectivity index (χ0) is 18.8. The lowest BCUT2D eigenvalue weighted by Gasteiger charge is -2.14. The third kappa shape index (κ3) is 3.48. The van der Waals surface area contributed by atoms with E-state index in [0.717, 1.165) is 38.6 Å². The molecule has 2 heterocycles. The van der Waals surface area contributed by atoms with Crippen molar-refractivity contribution in [2.24, 2.45) is 4.99 Å². The Morgan fingerprint density at radius 2 is 2.04 bits per heavy atom. The van der Waals surface area contributed by atoms with Gasteiger partial charge in [0.2, 0.25) is 0 Å². The number of fused-ring (bicyclic) bond motifs is 3. The molecule has 27 heavy (non-hydrogen) atoms. The van der Waals surface area contributed by atoms with Crippen LogP contribution >= 0.6 is 27.5 Å². The number of rotatable bonds is 5. The summed E-state index contributed by atoms with van der Waals surface area (Å²) in [5.74, 6) is 1.63. The van der Waals surface area contributed by atoms with Crippen LogP contribution in [-0.2, 0) is 13.1 Å². The Bertz CT molecular complexity index is 1040. The van der Waals surface area contributed by atoms with Gasteiger partial charge in [0, 0.05) is 27.2 Å². The Morgan fingerprint density at radius 1 is 1.19 bits per heavy atom. The molecule has 0 radical (unpaired) electrons. The molecular weight excluding hydrogens is 426 g/mol. The maximum Gasteiger partial charge on any atom is 0.159 e. The van der Waals surface area contributed by atoms with Gasteiger partial charge in [0.25, 0.3) is 0 Å². The molecule has 1 aliphatic rings. The molecule has 0 fully saturated rings. The topological polar surface area (TPSA) is 55.1 Å². The van der Waals surface area contributed by atoms with Crippen LogP contribution in [0.25, 0.3) is 5.69 Å². The van der Waals surface area contributed by atoms with Crippen LogP contribution in [0.2, 0.25) is 5.02 Å². The van der Waals surface area contributed by atoms with Crippen LogP contribution in [0.1, 0.15) is 22.8 Å². The summed E-state index contributed by atoms with van der Waals surface area (Å²) in [5.41, 5.74) is 3.75. The number of nitrogens with one attached hydrogen (secondary N) is 1. The summed E-state index contributed by atoms with van der Waals surface area (Å²) in [7, 11) is 0. The number of halogens is 2. The van der Waals surface area contributed by atoms with Crippen LogP contribution in [0.15, 0.2) is 64.6 Å². The summed E-state index contributed by atoms with van der Waals surface area (Å²) < 4.78 is 3.05. The third-order valence-electron chi connectivity index (χ3n) is 4.33. The molecule has 1 aromatic heterocycles. The minimum atomic E-state index is 0.432. The van der Waals surface area contributed by atoms with Crippen molar-refractivity contribution in [2.45, 2.75) is 13.1 Å². The molecule has 4 rings (SSSR count). The quantitative estimate of drug-likeness (QED) is 0.473. The molecule has 5 nitrogen and oxygen atoms in total. The summed E-state index contributed by atoms with van der Waals surface area (Å²) in [6.45, 7) is 5.46. The van der Waals surface area contributed by atoms with Gasteiger partial charge in [-0.05, 0) is 24.3 Å². The molecule has 3 aromatic rings. The second-order valence-electron chi connectivity index (χ2n) is 6.09. The third-order valence-corrected chi connectivity index (χ3v) is 5.16. The van der Waals surface area contributed by atoms with Crippen LogP contribution in [0, 0.1) is 0 Å². The monoisotopic (exact) mass is 441 g/mol. The van der Waals surface area contributed by atoms with Crippen molar-refractivity contribution < 1.29 is 0 Å². The molecule has 0 aliphatic carbocycles. The van der Waals surface area contributed by atoms with E-state index >= 15 is 0 Å². The van der Waals surface area contributed by atoms with Gasteiger partial charge >= 0.3 is 0 Å². The van der Waals surface area contributed by atoms with Crippen LogP contribution in [0.4, 0.5) is 0 Å². The molecule has 0 atom stereocenters. The Morgan fingerprint density at radius 3 is 2.85 bits per heavy atom. The number of aromatic nitrogens is 3. The van der Waals surface area contributed by atoms with E-state index in [2.05, 4.69) is 54.7 Å². The Kier molecular flexibility index (Phi) is 5.20. The first-order chi connectivity index (χ1) is 13.2. The van der Waals surface area contributed by atoms with Crippen LogP contribution < -0.4 is 5.32 Å². The Labute approximate surface area is 170 Å². The second kappa shape index (κ2) is 7.76. The molecule has 2 aromatic carbocycles. The van der Waals surface area contributed by atoms with Crippen LogP contribution in [-0.4, -0.2) is 27.0 Å². The highest BCUT2D eigenvalue weighted by Gasteiger charge is 2.23. The normalized spacial score (nSPS) is 12.7. The largest absolute Gasteiger partial charge is 0.306 e. The maximum atomic E-state index is 6.47. The highest BCUT2D eigenvalue weighted by Crippen LogP contribution is 2.30. The number of hydrogen-bond donors (Lipinski definition) is 1. The van der Waals surface area contributed by atoms with E-state index in [1.165, 1.54) is 0 Å². The molecule has 1 aliphatic heterocycles. The summed E-state index contributed by atoms with van der Waals surface area (Å²) in [5, 5.41) is 12.7. The van der Waals surface area contributed by atoms with E-state index in [4.69, 9.17) is 16.6 Å².